The molecule has 0 saturated carbocycles. The summed E-state index contributed by atoms with van der Waals surface area (Å²) < 4.78 is 32.1. The molecule has 0 aromatic carbocycles. The third kappa shape index (κ3) is 5.04. The maximum absolute atomic E-state index is 10.2. The van der Waals surface area contributed by atoms with Gasteiger partial charge in [-0.25, -0.2) is 13.4 Å². The van der Waals surface area contributed by atoms with Crippen LogP contribution in [0.1, 0.15) is 0 Å². The molecule has 0 atom stereocenters. The van der Waals surface area contributed by atoms with E-state index in [1.807, 2.05) is 0 Å². The molecule has 0 aliphatic rings. The monoisotopic (exact) mass is 241 g/mol. The standard InChI is InChI=1S/C5H5N3O5S.Na/c9-8(10)4-1-2-5(6-3-4)7-14(11,12)13;/h1-3H,(H,6,7)(H,11,12,13);/q;+1/p-1. The van der Waals surface area contributed by atoms with E-state index in [1.165, 1.54) is 4.72 Å². The maximum Gasteiger partial charge on any atom is 1.00 e. The molecule has 0 bridgehead atoms. The molecule has 0 radical (unpaired) electrons. The second-order valence-corrected chi connectivity index (χ2v) is 3.33. The predicted molar refractivity (Wildman–Crippen MR) is 44.2 cm³/mol. The topological polar surface area (TPSA) is 125 Å². The molecule has 1 rings (SSSR count). The molecule has 0 saturated heterocycles. The molecule has 0 spiro atoms. The Bertz CT molecular complexity index is 444. The average molecular weight is 241 g/mol. The zero-order valence-electron chi connectivity index (χ0n) is 7.58. The van der Waals surface area contributed by atoms with Crippen molar-refractivity contribution in [2.24, 2.45) is 0 Å². The molecule has 76 valence electrons. The van der Waals surface area contributed by atoms with Crippen LogP contribution in [0, 0.1) is 10.1 Å². The summed E-state index contributed by atoms with van der Waals surface area (Å²) in [6, 6.07) is 2.05. The van der Waals surface area contributed by atoms with Gasteiger partial charge in [-0.15, -0.1) is 0 Å². The molecule has 0 fully saturated rings. The third-order valence-electron chi connectivity index (χ3n) is 1.19. The molecule has 1 aromatic rings. The fraction of sp³-hybridized carbons (Fsp3) is 0. The van der Waals surface area contributed by atoms with Crippen LogP contribution in [0.25, 0.3) is 0 Å². The Balaban J connectivity index is 0.00000196. The first-order chi connectivity index (χ1) is 6.38. The fourth-order valence-corrected chi connectivity index (χ4v) is 1.06. The number of nitrogens with zero attached hydrogens (tertiary/aromatic N) is 2. The number of anilines is 1. The van der Waals surface area contributed by atoms with E-state index in [4.69, 9.17) is 0 Å². The Labute approximate surface area is 107 Å². The van der Waals surface area contributed by atoms with Crippen molar-refractivity contribution < 1.29 is 47.5 Å². The Morgan fingerprint density at radius 2 is 2.00 bits per heavy atom. The molecule has 15 heavy (non-hydrogen) atoms. The molecule has 8 nitrogen and oxygen atoms in total. The minimum absolute atomic E-state index is 0. The van der Waals surface area contributed by atoms with Gasteiger partial charge in [-0.1, -0.05) is 0 Å². The van der Waals surface area contributed by atoms with E-state index in [1.54, 1.807) is 0 Å². The van der Waals surface area contributed by atoms with E-state index in [-0.39, 0.29) is 41.1 Å². The first kappa shape index (κ1) is 14.3. The van der Waals surface area contributed by atoms with E-state index in [9.17, 15) is 23.1 Å². The van der Waals surface area contributed by atoms with E-state index in [2.05, 4.69) is 4.98 Å². The van der Waals surface area contributed by atoms with Gasteiger partial charge in [0.25, 0.3) is 5.69 Å². The number of hydrogen-bond acceptors (Lipinski definition) is 6. The number of pyridine rings is 1. The number of hydrogen-bond donors (Lipinski definition) is 1. The first-order valence-corrected chi connectivity index (χ1v) is 4.63. The zero-order valence-corrected chi connectivity index (χ0v) is 10.4. The third-order valence-corrected chi connectivity index (χ3v) is 1.65. The van der Waals surface area contributed by atoms with Gasteiger partial charge in [-0.2, -0.15) is 0 Å². The summed E-state index contributed by atoms with van der Waals surface area (Å²) in [4.78, 5) is 12.8. The smallest absolute Gasteiger partial charge is 0.731 e. The van der Waals surface area contributed by atoms with Crippen LogP contribution in [0.4, 0.5) is 11.5 Å². The molecular formula is C5H4N3NaO5S. The van der Waals surface area contributed by atoms with E-state index >= 15 is 0 Å². The van der Waals surface area contributed by atoms with Crippen molar-refractivity contribution in [2.75, 3.05) is 4.72 Å². The summed E-state index contributed by atoms with van der Waals surface area (Å²) in [5.74, 6) is -0.259. The van der Waals surface area contributed by atoms with E-state index in [0.717, 1.165) is 18.3 Å². The van der Waals surface area contributed by atoms with Crippen molar-refractivity contribution in [2.45, 2.75) is 0 Å². The van der Waals surface area contributed by atoms with Gasteiger partial charge in [0.05, 0.1) is 4.92 Å². The maximum atomic E-state index is 10.2. The van der Waals surface area contributed by atoms with Crippen LogP contribution in [0.5, 0.6) is 0 Å². The quantitative estimate of drug-likeness (QED) is 0.258. The van der Waals surface area contributed by atoms with Gasteiger partial charge in [-0.3, -0.25) is 14.8 Å². The number of rotatable bonds is 3. The fourth-order valence-electron chi connectivity index (χ4n) is 0.683. The van der Waals surface area contributed by atoms with Crippen molar-refractivity contribution >= 4 is 21.8 Å². The minimum Gasteiger partial charge on any atom is -0.731 e. The van der Waals surface area contributed by atoms with Gasteiger partial charge in [-0.05, 0) is 6.07 Å². The summed E-state index contributed by atoms with van der Waals surface area (Å²) in [7, 11) is -4.64. The van der Waals surface area contributed by atoms with Gasteiger partial charge < -0.3 is 4.55 Å². The largest absolute Gasteiger partial charge is 1.00 e. The number of nitro groups is 1. The van der Waals surface area contributed by atoms with Crippen LogP contribution in [0.2, 0.25) is 0 Å². The van der Waals surface area contributed by atoms with Crippen molar-refractivity contribution in [3.8, 4) is 0 Å². The van der Waals surface area contributed by atoms with Crippen LogP contribution in [0.15, 0.2) is 18.3 Å². The predicted octanol–water partition coefficient (Wildman–Crippen LogP) is -3.13. The van der Waals surface area contributed by atoms with E-state index < -0.39 is 15.2 Å². The van der Waals surface area contributed by atoms with Crippen molar-refractivity contribution in [3.63, 3.8) is 0 Å². The van der Waals surface area contributed by atoms with E-state index in [0.29, 0.717) is 0 Å². The Morgan fingerprint density at radius 3 is 2.33 bits per heavy atom. The normalized spacial score (nSPS) is 10.2. The van der Waals surface area contributed by atoms with Gasteiger partial charge >= 0.3 is 29.6 Å². The SMILES string of the molecule is O=[N+]([O-])c1ccc(NS(=O)(=O)[O-])nc1.[Na+]. The molecule has 0 amide bonds. The van der Waals surface area contributed by atoms with Gasteiger partial charge in [0, 0.05) is 6.07 Å². The summed E-state index contributed by atoms with van der Waals surface area (Å²) >= 11 is 0. The van der Waals surface area contributed by atoms with Crippen LogP contribution in [-0.4, -0.2) is 22.9 Å². The second kappa shape index (κ2) is 5.37. The van der Waals surface area contributed by atoms with Crippen LogP contribution in [-0.2, 0) is 10.3 Å². The second-order valence-electron chi connectivity index (χ2n) is 2.21. The Kier molecular flexibility index (Phi) is 5.11. The Morgan fingerprint density at radius 1 is 1.40 bits per heavy atom. The van der Waals surface area contributed by atoms with Crippen molar-refractivity contribution in [1.29, 1.82) is 0 Å². The van der Waals surface area contributed by atoms with Crippen molar-refractivity contribution in [1.82, 2.24) is 4.98 Å². The molecule has 1 N–H and O–H groups in total. The number of aromatic nitrogens is 1. The summed E-state index contributed by atoms with van der Waals surface area (Å²) in [5, 5.41) is 10.2. The van der Waals surface area contributed by atoms with Gasteiger partial charge in [0.2, 0.25) is 0 Å². The molecule has 0 aliphatic carbocycles. The molecule has 0 aliphatic heterocycles. The minimum atomic E-state index is -4.64. The average Bonchev–Trinajstić information content (AvgIpc) is 2.02. The van der Waals surface area contributed by atoms with Crippen LogP contribution < -0.4 is 34.3 Å². The summed E-state index contributed by atoms with van der Waals surface area (Å²) in [6.45, 7) is 0. The van der Waals surface area contributed by atoms with Crippen LogP contribution >= 0.6 is 0 Å². The molecule has 1 heterocycles. The van der Waals surface area contributed by atoms with Crippen molar-refractivity contribution in [3.05, 3.63) is 28.4 Å². The first-order valence-electron chi connectivity index (χ1n) is 3.22. The zero-order chi connectivity index (χ0) is 10.8. The summed E-state index contributed by atoms with van der Waals surface area (Å²) in [6.07, 6.45) is 0.841. The molecule has 10 heteroatoms. The Hall–Kier alpha value is -0.740. The summed E-state index contributed by atoms with van der Waals surface area (Å²) in [5.41, 5.74) is -0.293. The molecule has 0 unspecified atom stereocenters. The van der Waals surface area contributed by atoms with Gasteiger partial charge in [0.15, 0.2) is 10.3 Å². The molecular weight excluding hydrogens is 237 g/mol. The van der Waals surface area contributed by atoms with Crippen LogP contribution in [0.3, 0.4) is 0 Å². The number of nitrogens with one attached hydrogen (secondary N) is 1. The van der Waals surface area contributed by atoms with Gasteiger partial charge in [0.1, 0.15) is 12.0 Å². The molecule has 1 aromatic heterocycles.